The highest BCUT2D eigenvalue weighted by atomic mass is 32.1. The molecule has 0 fully saturated rings. The molecule has 0 aliphatic rings. The van der Waals surface area contributed by atoms with Gasteiger partial charge >= 0.3 is 6.18 Å². The van der Waals surface area contributed by atoms with Crippen LogP contribution in [0.4, 0.5) is 30.5 Å². The number of nitrogens with one attached hydrogen (secondary N) is 1. The molecule has 0 bridgehead atoms. The number of benzene rings is 1. The number of hydrogen-bond donors (Lipinski definition) is 1. The highest BCUT2D eigenvalue weighted by Crippen LogP contribution is 2.32. The van der Waals surface area contributed by atoms with E-state index >= 15 is 0 Å². The van der Waals surface area contributed by atoms with Gasteiger partial charge in [0.2, 0.25) is 0 Å². The average Bonchev–Trinajstić information content (AvgIpc) is 3.27. The van der Waals surface area contributed by atoms with Crippen molar-refractivity contribution >= 4 is 34.8 Å². The zero-order valence-corrected chi connectivity index (χ0v) is 17.5. The summed E-state index contributed by atoms with van der Waals surface area (Å²) in [7, 11) is 1.61. The van der Waals surface area contributed by atoms with E-state index in [1.165, 1.54) is 34.8 Å². The van der Waals surface area contributed by atoms with Crippen LogP contribution in [0.15, 0.2) is 73.2 Å². The quantitative estimate of drug-likeness (QED) is 0.422. The maximum absolute atomic E-state index is 12.8. The maximum Gasteiger partial charge on any atom is 0.417 e. The summed E-state index contributed by atoms with van der Waals surface area (Å²) in [4.78, 5) is 23.2. The first-order valence-corrected chi connectivity index (χ1v) is 10.1. The van der Waals surface area contributed by atoms with Crippen LogP contribution in [0.5, 0.6) is 0 Å². The minimum atomic E-state index is -4.46. The van der Waals surface area contributed by atoms with Gasteiger partial charge in [-0.25, -0.2) is 9.97 Å². The summed E-state index contributed by atoms with van der Waals surface area (Å²) in [5.41, 5.74) is 1.02. The van der Waals surface area contributed by atoms with Crippen LogP contribution in [0.1, 0.15) is 15.9 Å². The van der Waals surface area contributed by atoms with Crippen LogP contribution in [0, 0.1) is 0 Å². The van der Waals surface area contributed by atoms with E-state index in [9.17, 15) is 18.0 Å². The van der Waals surface area contributed by atoms with Gasteiger partial charge in [-0.1, -0.05) is 30.3 Å². The molecule has 10 heteroatoms. The lowest BCUT2D eigenvalue weighted by molar-refractivity contribution is -0.137. The first-order chi connectivity index (χ1) is 15.3. The van der Waals surface area contributed by atoms with E-state index < -0.39 is 11.7 Å². The average molecular weight is 455 g/mol. The molecule has 1 amide bonds. The van der Waals surface area contributed by atoms with Crippen LogP contribution in [0.25, 0.3) is 10.4 Å². The van der Waals surface area contributed by atoms with E-state index in [4.69, 9.17) is 0 Å². The number of nitrogens with zero attached hydrogens (tertiary/aromatic N) is 4. The van der Waals surface area contributed by atoms with Gasteiger partial charge in [0.1, 0.15) is 11.6 Å². The smallest absolute Gasteiger partial charge is 0.319 e. The fraction of sp³-hybridized carbons (Fsp3) is 0.0909. The standard InChI is InChI=1S/C22H16F3N5OS/c1-30(18-8-7-16(12-27-18)22(23,24)25)19-11-15(9-10-26-19)21(31)29-17-13-28-32-20(17)14-5-3-2-4-6-14/h2-13H,1H3,(H,29,31). The third-order valence-corrected chi connectivity index (χ3v) is 5.47. The zero-order valence-electron chi connectivity index (χ0n) is 16.7. The maximum atomic E-state index is 12.8. The van der Waals surface area contributed by atoms with Crippen LogP contribution in [0.3, 0.4) is 0 Å². The molecule has 1 aromatic carbocycles. The molecule has 0 saturated carbocycles. The van der Waals surface area contributed by atoms with Crippen LogP contribution < -0.4 is 10.2 Å². The Morgan fingerprint density at radius 3 is 2.47 bits per heavy atom. The molecule has 0 unspecified atom stereocenters. The van der Waals surface area contributed by atoms with E-state index in [2.05, 4.69) is 19.7 Å². The summed E-state index contributed by atoms with van der Waals surface area (Å²) < 4.78 is 42.5. The molecule has 3 aromatic heterocycles. The van der Waals surface area contributed by atoms with Crippen LogP contribution in [-0.4, -0.2) is 27.3 Å². The Labute approximate surface area is 185 Å². The van der Waals surface area contributed by atoms with Gasteiger partial charge in [-0.3, -0.25) is 4.79 Å². The predicted octanol–water partition coefficient (Wildman–Crippen LogP) is 5.64. The van der Waals surface area contributed by atoms with Crippen LogP contribution in [0.2, 0.25) is 0 Å². The van der Waals surface area contributed by atoms with Crippen LogP contribution >= 0.6 is 11.5 Å². The van der Waals surface area contributed by atoms with Crippen molar-refractivity contribution in [1.29, 1.82) is 0 Å². The Kier molecular flexibility index (Phi) is 5.87. The highest BCUT2D eigenvalue weighted by Gasteiger charge is 2.30. The van der Waals surface area contributed by atoms with Gasteiger partial charge in [-0.15, -0.1) is 0 Å². The second kappa shape index (κ2) is 8.75. The Bertz CT molecular complexity index is 1230. The number of aromatic nitrogens is 3. The summed E-state index contributed by atoms with van der Waals surface area (Å²) in [6.07, 6.45) is -0.660. The Morgan fingerprint density at radius 1 is 1.00 bits per heavy atom. The van der Waals surface area contributed by atoms with Gasteiger partial charge in [0, 0.05) is 25.0 Å². The number of carbonyl (C=O) groups excluding carboxylic acids is 1. The molecule has 0 atom stereocenters. The second-order valence-electron chi connectivity index (χ2n) is 6.75. The Balaban J connectivity index is 1.53. The molecule has 6 nitrogen and oxygen atoms in total. The van der Waals surface area contributed by atoms with E-state index in [1.54, 1.807) is 19.3 Å². The first kappa shape index (κ1) is 21.4. The van der Waals surface area contributed by atoms with Crippen LogP contribution in [-0.2, 0) is 6.18 Å². The number of halogens is 3. The van der Waals surface area contributed by atoms with Gasteiger partial charge in [0.25, 0.3) is 5.91 Å². The number of rotatable bonds is 5. The van der Waals surface area contributed by atoms with E-state index in [0.717, 1.165) is 22.7 Å². The first-order valence-electron chi connectivity index (χ1n) is 9.37. The van der Waals surface area contributed by atoms with E-state index in [-0.39, 0.29) is 11.7 Å². The minimum Gasteiger partial charge on any atom is -0.319 e. The van der Waals surface area contributed by atoms with Crippen molar-refractivity contribution in [2.75, 3.05) is 17.3 Å². The molecule has 0 aliphatic carbocycles. The number of alkyl halides is 3. The van der Waals surface area contributed by atoms with E-state index in [0.29, 0.717) is 17.1 Å². The number of anilines is 3. The van der Waals surface area contributed by atoms with Gasteiger partial charge in [-0.05, 0) is 41.4 Å². The fourth-order valence-electron chi connectivity index (χ4n) is 2.93. The lowest BCUT2D eigenvalue weighted by Gasteiger charge is -2.18. The topological polar surface area (TPSA) is 71.0 Å². The molecule has 1 N–H and O–H groups in total. The van der Waals surface area contributed by atoms with Gasteiger partial charge in [-0.2, -0.15) is 17.5 Å². The molecule has 162 valence electrons. The van der Waals surface area contributed by atoms with Crippen molar-refractivity contribution in [2.45, 2.75) is 6.18 Å². The molecule has 32 heavy (non-hydrogen) atoms. The third kappa shape index (κ3) is 4.59. The van der Waals surface area contributed by atoms with Gasteiger partial charge in [0.05, 0.1) is 22.3 Å². The van der Waals surface area contributed by atoms with Crippen molar-refractivity contribution in [3.05, 3.63) is 84.3 Å². The molecule has 3 heterocycles. The molecule has 0 saturated heterocycles. The fourth-order valence-corrected chi connectivity index (χ4v) is 3.64. The molecule has 0 radical (unpaired) electrons. The lowest BCUT2D eigenvalue weighted by atomic mass is 10.1. The number of pyridine rings is 2. The summed E-state index contributed by atoms with van der Waals surface area (Å²) in [6, 6.07) is 14.9. The molecule has 0 aliphatic heterocycles. The summed E-state index contributed by atoms with van der Waals surface area (Å²) in [5.74, 6) is 0.257. The normalized spacial score (nSPS) is 11.2. The van der Waals surface area contributed by atoms with Crippen molar-refractivity contribution in [3.8, 4) is 10.4 Å². The van der Waals surface area contributed by atoms with Crippen molar-refractivity contribution in [1.82, 2.24) is 14.3 Å². The molecular formula is C22H16F3N5OS. The van der Waals surface area contributed by atoms with Crippen molar-refractivity contribution < 1.29 is 18.0 Å². The van der Waals surface area contributed by atoms with Crippen molar-refractivity contribution in [2.24, 2.45) is 0 Å². The highest BCUT2D eigenvalue weighted by molar-refractivity contribution is 7.10. The third-order valence-electron chi connectivity index (χ3n) is 4.62. The zero-order chi connectivity index (χ0) is 22.7. The Morgan fingerprint density at radius 2 is 1.78 bits per heavy atom. The lowest BCUT2D eigenvalue weighted by Crippen LogP contribution is -2.16. The summed E-state index contributed by atoms with van der Waals surface area (Å²) >= 11 is 1.27. The predicted molar refractivity (Wildman–Crippen MR) is 117 cm³/mol. The number of carbonyl (C=O) groups is 1. The summed E-state index contributed by atoms with van der Waals surface area (Å²) in [5, 5.41) is 2.86. The Hall–Kier alpha value is -3.79. The molecule has 4 rings (SSSR count). The van der Waals surface area contributed by atoms with E-state index in [1.807, 2.05) is 30.3 Å². The number of amides is 1. The molecule has 4 aromatic rings. The largest absolute Gasteiger partial charge is 0.417 e. The van der Waals surface area contributed by atoms with Gasteiger partial charge in [0.15, 0.2) is 0 Å². The number of hydrogen-bond acceptors (Lipinski definition) is 6. The van der Waals surface area contributed by atoms with Gasteiger partial charge < -0.3 is 10.2 Å². The monoisotopic (exact) mass is 455 g/mol. The second-order valence-corrected chi connectivity index (χ2v) is 7.55. The van der Waals surface area contributed by atoms with Crippen molar-refractivity contribution in [3.63, 3.8) is 0 Å². The minimum absolute atomic E-state index is 0.261. The SMILES string of the molecule is CN(c1ccc(C(F)(F)F)cn1)c1cc(C(=O)Nc2cnsc2-c2ccccc2)ccn1. The molecular weight excluding hydrogens is 439 g/mol. The molecule has 0 spiro atoms. The summed E-state index contributed by atoms with van der Waals surface area (Å²) in [6.45, 7) is 0.